The van der Waals surface area contributed by atoms with Gasteiger partial charge in [-0.3, -0.25) is 0 Å². The summed E-state index contributed by atoms with van der Waals surface area (Å²) in [5, 5.41) is 1.08. The van der Waals surface area contributed by atoms with Crippen molar-refractivity contribution in [1.82, 2.24) is 4.98 Å². The van der Waals surface area contributed by atoms with Crippen molar-refractivity contribution in [3.63, 3.8) is 0 Å². The van der Waals surface area contributed by atoms with Gasteiger partial charge in [0.1, 0.15) is 5.75 Å². The third kappa shape index (κ3) is 3.77. The van der Waals surface area contributed by atoms with Crippen molar-refractivity contribution in [2.75, 3.05) is 21.3 Å². The van der Waals surface area contributed by atoms with Gasteiger partial charge in [0.2, 0.25) is 0 Å². The fourth-order valence-corrected chi connectivity index (χ4v) is 3.70. The number of methoxy groups -OCH3 is 3. The smallest absolute Gasteiger partial charge is 0.160 e. The summed E-state index contributed by atoms with van der Waals surface area (Å²) >= 11 is 1.72. The second-order valence-corrected chi connectivity index (χ2v) is 6.89. The molecule has 0 saturated carbocycles. The quantitative estimate of drug-likeness (QED) is 0.641. The summed E-state index contributed by atoms with van der Waals surface area (Å²) in [7, 11) is 4.96. The summed E-state index contributed by atoms with van der Waals surface area (Å²) in [6, 6.07) is 14.0. The molecule has 0 bridgehead atoms. The first-order valence-electron chi connectivity index (χ1n) is 7.96. The number of aromatic nitrogens is 1. The number of hydrogen-bond donors (Lipinski definition) is 0. The van der Waals surface area contributed by atoms with E-state index in [0.29, 0.717) is 0 Å². The minimum Gasteiger partial charge on any atom is -0.497 e. The number of rotatable bonds is 6. The Morgan fingerprint density at radius 1 is 0.880 bits per heavy atom. The third-order valence-electron chi connectivity index (χ3n) is 4.01. The van der Waals surface area contributed by atoms with Gasteiger partial charge in [-0.1, -0.05) is 6.07 Å². The molecule has 3 aromatic rings. The van der Waals surface area contributed by atoms with Gasteiger partial charge in [-0.05, 0) is 48.9 Å². The van der Waals surface area contributed by atoms with Crippen molar-refractivity contribution >= 4 is 11.3 Å². The lowest BCUT2D eigenvalue weighted by atomic mass is 10.1. The number of hydrogen-bond acceptors (Lipinski definition) is 5. The zero-order valence-corrected chi connectivity index (χ0v) is 15.6. The summed E-state index contributed by atoms with van der Waals surface area (Å²) in [5.41, 5.74) is 3.28. The molecule has 0 saturated heterocycles. The molecular weight excluding hydrogens is 334 g/mol. The van der Waals surface area contributed by atoms with Crippen LogP contribution in [-0.4, -0.2) is 26.3 Å². The zero-order chi connectivity index (χ0) is 17.8. The van der Waals surface area contributed by atoms with Crippen LogP contribution in [0.5, 0.6) is 17.2 Å². The van der Waals surface area contributed by atoms with Crippen LogP contribution in [0.2, 0.25) is 0 Å². The standard InChI is InChI=1S/C20H21NO3S/c1-13-20(15-6-8-16(22-2)9-7-15)21-19(25-13)12-14-5-10-17(23-3)18(11-14)24-4/h5-11H,12H2,1-4H3. The van der Waals surface area contributed by atoms with Gasteiger partial charge in [-0.15, -0.1) is 11.3 Å². The number of benzene rings is 2. The van der Waals surface area contributed by atoms with E-state index < -0.39 is 0 Å². The van der Waals surface area contributed by atoms with Crippen LogP contribution in [0.3, 0.4) is 0 Å². The molecule has 1 heterocycles. The molecule has 2 aromatic carbocycles. The van der Waals surface area contributed by atoms with Gasteiger partial charge < -0.3 is 14.2 Å². The lowest BCUT2D eigenvalue weighted by Gasteiger charge is -2.08. The van der Waals surface area contributed by atoms with Crippen LogP contribution in [0.15, 0.2) is 42.5 Å². The van der Waals surface area contributed by atoms with Crippen LogP contribution in [-0.2, 0) is 6.42 Å². The molecule has 3 rings (SSSR count). The van der Waals surface area contributed by atoms with Crippen molar-refractivity contribution in [3.8, 4) is 28.5 Å². The molecular formula is C20H21NO3S. The highest BCUT2D eigenvalue weighted by Crippen LogP contribution is 2.32. The predicted molar refractivity (Wildman–Crippen MR) is 101 cm³/mol. The zero-order valence-electron chi connectivity index (χ0n) is 14.8. The number of aryl methyl sites for hydroxylation is 1. The summed E-state index contributed by atoms with van der Waals surface area (Å²) in [4.78, 5) is 6.04. The van der Waals surface area contributed by atoms with E-state index in [-0.39, 0.29) is 0 Å². The van der Waals surface area contributed by atoms with Crippen molar-refractivity contribution in [3.05, 3.63) is 57.9 Å². The molecule has 0 radical (unpaired) electrons. The van der Waals surface area contributed by atoms with Crippen LogP contribution in [0.4, 0.5) is 0 Å². The first-order valence-corrected chi connectivity index (χ1v) is 8.78. The molecule has 0 amide bonds. The van der Waals surface area contributed by atoms with Crippen LogP contribution in [0.25, 0.3) is 11.3 Å². The fraction of sp³-hybridized carbons (Fsp3) is 0.250. The minimum absolute atomic E-state index is 0.737. The van der Waals surface area contributed by atoms with Gasteiger partial charge in [0.15, 0.2) is 11.5 Å². The number of nitrogens with zero attached hydrogens (tertiary/aromatic N) is 1. The van der Waals surface area contributed by atoms with Crippen LogP contribution in [0.1, 0.15) is 15.4 Å². The molecule has 0 spiro atoms. The number of thiazole rings is 1. The molecule has 130 valence electrons. The molecule has 5 heteroatoms. The molecule has 25 heavy (non-hydrogen) atoms. The second-order valence-electron chi connectivity index (χ2n) is 5.61. The maximum atomic E-state index is 5.38. The third-order valence-corrected chi connectivity index (χ3v) is 4.98. The average Bonchev–Trinajstić information content (AvgIpc) is 3.01. The Hall–Kier alpha value is -2.53. The van der Waals surface area contributed by atoms with E-state index in [9.17, 15) is 0 Å². The molecule has 0 aliphatic rings. The minimum atomic E-state index is 0.737. The molecule has 0 fully saturated rings. The summed E-state index contributed by atoms with van der Waals surface area (Å²) < 4.78 is 15.9. The monoisotopic (exact) mass is 355 g/mol. The van der Waals surface area contributed by atoms with E-state index >= 15 is 0 Å². The highest BCUT2D eigenvalue weighted by Gasteiger charge is 2.12. The van der Waals surface area contributed by atoms with E-state index in [1.54, 1.807) is 32.7 Å². The summed E-state index contributed by atoms with van der Waals surface area (Å²) in [5.74, 6) is 2.33. The Bertz CT molecular complexity index is 856. The van der Waals surface area contributed by atoms with Crippen molar-refractivity contribution in [1.29, 1.82) is 0 Å². The summed E-state index contributed by atoms with van der Waals surface area (Å²) in [6.07, 6.45) is 0.766. The Morgan fingerprint density at radius 2 is 1.60 bits per heavy atom. The lowest BCUT2D eigenvalue weighted by molar-refractivity contribution is 0.354. The van der Waals surface area contributed by atoms with Crippen LogP contribution in [0, 0.1) is 6.92 Å². The van der Waals surface area contributed by atoms with Crippen molar-refractivity contribution in [2.45, 2.75) is 13.3 Å². The molecule has 0 N–H and O–H groups in total. The predicted octanol–water partition coefficient (Wildman–Crippen LogP) is 4.74. The molecule has 4 nitrogen and oxygen atoms in total. The van der Waals surface area contributed by atoms with E-state index in [2.05, 4.69) is 6.92 Å². The van der Waals surface area contributed by atoms with E-state index in [1.807, 2.05) is 42.5 Å². The van der Waals surface area contributed by atoms with Crippen LogP contribution < -0.4 is 14.2 Å². The van der Waals surface area contributed by atoms with Crippen molar-refractivity contribution < 1.29 is 14.2 Å². The second kappa shape index (κ2) is 7.57. The van der Waals surface area contributed by atoms with Gasteiger partial charge in [-0.2, -0.15) is 0 Å². The topological polar surface area (TPSA) is 40.6 Å². The van der Waals surface area contributed by atoms with Gasteiger partial charge >= 0.3 is 0 Å². The molecule has 0 atom stereocenters. The highest BCUT2D eigenvalue weighted by molar-refractivity contribution is 7.12. The van der Waals surface area contributed by atoms with E-state index in [1.165, 1.54) is 4.88 Å². The Labute approximate surface area is 152 Å². The Kier molecular flexibility index (Phi) is 5.24. The molecule has 0 unspecified atom stereocenters. The Balaban J connectivity index is 1.85. The molecule has 1 aromatic heterocycles. The van der Waals surface area contributed by atoms with E-state index in [4.69, 9.17) is 19.2 Å². The number of ether oxygens (including phenoxy) is 3. The van der Waals surface area contributed by atoms with Gasteiger partial charge in [-0.25, -0.2) is 4.98 Å². The largest absolute Gasteiger partial charge is 0.497 e. The van der Waals surface area contributed by atoms with Crippen LogP contribution >= 0.6 is 11.3 Å². The normalized spacial score (nSPS) is 10.6. The highest BCUT2D eigenvalue weighted by atomic mass is 32.1. The fourth-order valence-electron chi connectivity index (χ4n) is 2.71. The van der Waals surface area contributed by atoms with Gasteiger partial charge in [0.05, 0.1) is 32.0 Å². The molecule has 0 aliphatic heterocycles. The van der Waals surface area contributed by atoms with Gasteiger partial charge in [0, 0.05) is 16.9 Å². The van der Waals surface area contributed by atoms with Crippen molar-refractivity contribution in [2.24, 2.45) is 0 Å². The maximum absolute atomic E-state index is 5.38. The maximum Gasteiger partial charge on any atom is 0.160 e. The molecule has 0 aliphatic carbocycles. The summed E-state index contributed by atoms with van der Waals surface area (Å²) in [6.45, 7) is 2.11. The Morgan fingerprint density at radius 3 is 2.24 bits per heavy atom. The van der Waals surface area contributed by atoms with Gasteiger partial charge in [0.25, 0.3) is 0 Å². The van der Waals surface area contributed by atoms with E-state index in [0.717, 1.165) is 45.5 Å². The average molecular weight is 355 g/mol. The SMILES string of the molecule is COc1ccc(-c2nc(Cc3ccc(OC)c(OC)c3)sc2C)cc1. The lowest BCUT2D eigenvalue weighted by Crippen LogP contribution is -1.93. The first-order chi connectivity index (χ1) is 12.1. The first kappa shape index (κ1) is 17.3.